The predicted molar refractivity (Wildman–Crippen MR) is 168 cm³/mol. The molecule has 1 amide bonds. The molecule has 5 aromatic rings. The Morgan fingerprint density at radius 2 is 1.56 bits per heavy atom. The first-order chi connectivity index (χ1) is 20.0. The van der Waals surface area contributed by atoms with Crippen LogP contribution in [0.2, 0.25) is 5.02 Å². The number of hydrogen-bond donors (Lipinski definition) is 1. The molecule has 5 nitrogen and oxygen atoms in total. The number of hydrogen-bond acceptors (Lipinski definition) is 4. The van der Waals surface area contributed by atoms with E-state index in [4.69, 9.17) is 16.7 Å². The maximum Gasteiger partial charge on any atom is 0.220 e. The SMILES string of the molecule is Cc1cccc(CSc2nnc(C(Cc3ccccc3)NC(=O)CCc3ccccc3)n2-c2cc(Cl)ccc2C)c1. The third-order valence-corrected chi connectivity index (χ3v) is 8.17. The minimum atomic E-state index is -0.389. The van der Waals surface area contributed by atoms with Crippen molar-refractivity contribution in [2.24, 2.45) is 0 Å². The number of thioether (sulfide) groups is 1. The maximum atomic E-state index is 13.3. The summed E-state index contributed by atoms with van der Waals surface area (Å²) in [7, 11) is 0. The van der Waals surface area contributed by atoms with Crippen molar-refractivity contribution >= 4 is 29.3 Å². The van der Waals surface area contributed by atoms with E-state index in [1.165, 1.54) is 11.1 Å². The Kier molecular flexibility index (Phi) is 9.55. The monoisotopic (exact) mass is 580 g/mol. The van der Waals surface area contributed by atoms with Crippen molar-refractivity contribution in [1.82, 2.24) is 20.1 Å². The fraction of sp³-hybridized carbons (Fsp3) is 0.206. The van der Waals surface area contributed by atoms with Gasteiger partial charge >= 0.3 is 0 Å². The zero-order valence-corrected chi connectivity index (χ0v) is 24.8. The van der Waals surface area contributed by atoms with Gasteiger partial charge in [-0.2, -0.15) is 0 Å². The minimum absolute atomic E-state index is 0.0267. The Bertz CT molecular complexity index is 1600. The molecule has 0 aliphatic heterocycles. The molecule has 208 valence electrons. The van der Waals surface area contributed by atoms with Crippen molar-refractivity contribution in [3.8, 4) is 5.69 Å². The van der Waals surface area contributed by atoms with E-state index in [-0.39, 0.29) is 11.9 Å². The summed E-state index contributed by atoms with van der Waals surface area (Å²) in [5.41, 5.74) is 6.62. The number of nitrogens with zero attached hydrogens (tertiary/aromatic N) is 3. The van der Waals surface area contributed by atoms with Crippen molar-refractivity contribution in [2.45, 2.75) is 50.1 Å². The quantitative estimate of drug-likeness (QED) is 0.162. The van der Waals surface area contributed by atoms with E-state index in [0.29, 0.717) is 30.1 Å². The molecule has 4 aromatic carbocycles. The molecule has 1 unspecified atom stereocenters. The van der Waals surface area contributed by atoms with E-state index in [9.17, 15) is 4.79 Å². The van der Waals surface area contributed by atoms with E-state index in [2.05, 4.69) is 65.2 Å². The van der Waals surface area contributed by atoms with E-state index in [0.717, 1.165) is 33.3 Å². The molecule has 1 heterocycles. The molecule has 0 aliphatic carbocycles. The summed E-state index contributed by atoms with van der Waals surface area (Å²) in [6.45, 7) is 4.15. The highest BCUT2D eigenvalue weighted by Crippen LogP contribution is 2.31. The molecule has 1 atom stereocenters. The molecule has 1 aromatic heterocycles. The van der Waals surface area contributed by atoms with Crippen LogP contribution in [0.3, 0.4) is 0 Å². The Morgan fingerprint density at radius 3 is 2.29 bits per heavy atom. The molecule has 0 radical (unpaired) electrons. The van der Waals surface area contributed by atoms with Gasteiger partial charge in [0.25, 0.3) is 0 Å². The Morgan fingerprint density at radius 1 is 0.854 bits per heavy atom. The van der Waals surface area contributed by atoms with E-state index >= 15 is 0 Å². The van der Waals surface area contributed by atoms with Gasteiger partial charge in [0.15, 0.2) is 11.0 Å². The first-order valence-electron chi connectivity index (χ1n) is 13.7. The number of aromatic nitrogens is 3. The number of aryl methyl sites for hydroxylation is 3. The van der Waals surface area contributed by atoms with Crippen LogP contribution in [0.4, 0.5) is 0 Å². The summed E-state index contributed by atoms with van der Waals surface area (Å²) < 4.78 is 2.06. The summed E-state index contributed by atoms with van der Waals surface area (Å²) in [6.07, 6.45) is 1.63. The maximum absolute atomic E-state index is 13.3. The van der Waals surface area contributed by atoms with Crippen LogP contribution in [0.5, 0.6) is 0 Å². The Labute approximate surface area is 251 Å². The molecule has 0 fully saturated rings. The number of benzene rings is 4. The fourth-order valence-corrected chi connectivity index (χ4v) is 5.89. The van der Waals surface area contributed by atoms with Gasteiger partial charge in [0.05, 0.1) is 11.7 Å². The van der Waals surface area contributed by atoms with Crippen molar-refractivity contribution in [2.75, 3.05) is 0 Å². The van der Waals surface area contributed by atoms with Crippen LogP contribution in [-0.2, 0) is 23.4 Å². The lowest BCUT2D eigenvalue weighted by Gasteiger charge is -2.21. The Hall–Kier alpha value is -3.87. The van der Waals surface area contributed by atoms with Crippen LogP contribution in [0.25, 0.3) is 5.69 Å². The zero-order valence-electron chi connectivity index (χ0n) is 23.3. The number of rotatable bonds is 11. The average Bonchev–Trinajstić information content (AvgIpc) is 3.41. The van der Waals surface area contributed by atoms with Gasteiger partial charge in [-0.05, 0) is 61.1 Å². The highest BCUT2D eigenvalue weighted by Gasteiger charge is 2.26. The third-order valence-electron chi connectivity index (χ3n) is 6.93. The number of carbonyl (C=O) groups is 1. The van der Waals surface area contributed by atoms with Gasteiger partial charge in [0, 0.05) is 17.2 Å². The van der Waals surface area contributed by atoms with Crippen LogP contribution in [0, 0.1) is 13.8 Å². The molecule has 5 rings (SSSR count). The van der Waals surface area contributed by atoms with Gasteiger partial charge in [-0.1, -0.05) is 120 Å². The summed E-state index contributed by atoms with van der Waals surface area (Å²) in [5, 5.41) is 14.0. The van der Waals surface area contributed by atoms with Gasteiger partial charge in [-0.15, -0.1) is 10.2 Å². The van der Waals surface area contributed by atoms with Crippen LogP contribution >= 0.6 is 23.4 Å². The predicted octanol–water partition coefficient (Wildman–Crippen LogP) is 7.86. The van der Waals surface area contributed by atoms with Crippen molar-refractivity contribution < 1.29 is 4.79 Å². The van der Waals surface area contributed by atoms with Gasteiger partial charge in [-0.25, -0.2) is 0 Å². The van der Waals surface area contributed by atoms with Crippen LogP contribution < -0.4 is 5.32 Å². The van der Waals surface area contributed by atoms with E-state index in [1.54, 1.807) is 11.8 Å². The lowest BCUT2D eigenvalue weighted by atomic mass is 10.0. The molecule has 0 saturated carbocycles. The lowest BCUT2D eigenvalue weighted by Crippen LogP contribution is -2.32. The molecular weight excluding hydrogens is 548 g/mol. The smallest absolute Gasteiger partial charge is 0.220 e. The summed E-state index contributed by atoms with van der Waals surface area (Å²) in [4.78, 5) is 13.3. The second-order valence-corrected chi connectivity index (χ2v) is 11.6. The highest BCUT2D eigenvalue weighted by atomic mass is 35.5. The molecule has 0 bridgehead atoms. The molecule has 0 saturated heterocycles. The van der Waals surface area contributed by atoms with Gasteiger partial charge in [0.1, 0.15) is 0 Å². The normalized spacial score (nSPS) is 11.8. The van der Waals surface area contributed by atoms with Crippen molar-refractivity contribution in [3.05, 3.63) is 142 Å². The molecule has 0 spiro atoms. The molecular formula is C34H33ClN4OS. The largest absolute Gasteiger partial charge is 0.346 e. The first kappa shape index (κ1) is 28.7. The van der Waals surface area contributed by atoms with Crippen LogP contribution in [-0.4, -0.2) is 20.7 Å². The van der Waals surface area contributed by atoms with Crippen LogP contribution in [0.15, 0.2) is 108 Å². The van der Waals surface area contributed by atoms with Gasteiger partial charge in [0.2, 0.25) is 5.91 Å². The van der Waals surface area contributed by atoms with E-state index in [1.807, 2.05) is 66.7 Å². The number of amides is 1. The minimum Gasteiger partial charge on any atom is -0.346 e. The second-order valence-electron chi connectivity index (χ2n) is 10.2. The van der Waals surface area contributed by atoms with Crippen molar-refractivity contribution in [1.29, 1.82) is 0 Å². The topological polar surface area (TPSA) is 59.8 Å². The Balaban J connectivity index is 1.50. The summed E-state index contributed by atoms with van der Waals surface area (Å²) in [5.74, 6) is 1.40. The van der Waals surface area contributed by atoms with E-state index < -0.39 is 0 Å². The van der Waals surface area contributed by atoms with Gasteiger partial charge < -0.3 is 5.32 Å². The molecule has 41 heavy (non-hydrogen) atoms. The van der Waals surface area contributed by atoms with Crippen molar-refractivity contribution in [3.63, 3.8) is 0 Å². The third kappa shape index (κ3) is 7.66. The van der Waals surface area contributed by atoms with Gasteiger partial charge in [-0.3, -0.25) is 9.36 Å². The standard InChI is InChI=1S/C34H33ClN4OS/c1-24-10-9-15-28(20-24)23-41-34-38-37-33(39(34)31-22-29(35)18-16-25(31)2)30(21-27-13-7-4-8-14-27)36-32(40)19-17-26-11-5-3-6-12-26/h3-16,18,20,22,30H,17,19,21,23H2,1-2H3,(H,36,40). The zero-order chi connectivity index (χ0) is 28.6. The molecule has 0 aliphatic rings. The highest BCUT2D eigenvalue weighted by molar-refractivity contribution is 7.98. The average molecular weight is 581 g/mol. The fourth-order valence-electron chi connectivity index (χ4n) is 4.83. The second kappa shape index (κ2) is 13.7. The molecule has 7 heteroatoms. The summed E-state index contributed by atoms with van der Waals surface area (Å²) in [6, 6.07) is 34.2. The molecule has 1 N–H and O–H groups in total. The first-order valence-corrected chi connectivity index (χ1v) is 15.1. The summed E-state index contributed by atoms with van der Waals surface area (Å²) >= 11 is 8.11. The number of carbonyl (C=O) groups excluding carboxylic acids is 1. The lowest BCUT2D eigenvalue weighted by molar-refractivity contribution is -0.121. The van der Waals surface area contributed by atoms with Crippen LogP contribution in [0.1, 0.15) is 46.1 Å². The number of halogens is 1. The number of nitrogens with one attached hydrogen (secondary N) is 1.